The highest BCUT2D eigenvalue weighted by atomic mass is 35.5. The Morgan fingerprint density at radius 3 is 2.78 bits per heavy atom. The molecule has 0 saturated heterocycles. The number of ether oxygens (including phenoxy) is 1. The average Bonchev–Trinajstić information content (AvgIpc) is 1.83. The molecule has 52 valence electrons. The van der Waals surface area contributed by atoms with E-state index in [4.69, 9.17) is 11.6 Å². The Hall–Kier alpha value is -0.175. The average molecular weight is 148 g/mol. The van der Waals surface area contributed by atoms with E-state index in [1.54, 1.807) is 0 Å². The fourth-order valence-electron chi connectivity index (χ4n) is 0.326. The van der Waals surface area contributed by atoms with Gasteiger partial charge in [-0.2, -0.15) is 0 Å². The molecule has 1 unspecified atom stereocenters. The van der Waals surface area contributed by atoms with Crippen LogP contribution in [0.2, 0.25) is 12.6 Å². The Balaban J connectivity index is 3.16. The summed E-state index contributed by atoms with van der Waals surface area (Å²) in [5.41, 5.74) is -0.713. The molecule has 0 aliphatic rings. The molecule has 0 aromatic rings. The van der Waals surface area contributed by atoms with E-state index >= 15 is 0 Å². The minimum atomic E-state index is -0.713. The van der Waals surface area contributed by atoms with Gasteiger partial charge in [0.1, 0.15) is 7.28 Å². The summed E-state index contributed by atoms with van der Waals surface area (Å²) in [7, 11) is 1.00. The van der Waals surface area contributed by atoms with Gasteiger partial charge in [0.2, 0.25) is 0 Å². The lowest BCUT2D eigenvalue weighted by Crippen LogP contribution is -2.05. The Morgan fingerprint density at radius 1 is 1.89 bits per heavy atom. The number of hydrogen-bond acceptors (Lipinski definition) is 2. The lowest BCUT2D eigenvalue weighted by Gasteiger charge is -2.04. The van der Waals surface area contributed by atoms with Gasteiger partial charge in [-0.3, -0.25) is 0 Å². The molecule has 0 bridgehead atoms. The summed E-state index contributed by atoms with van der Waals surface area (Å²) < 4.78 is 4.52. The van der Waals surface area contributed by atoms with Crippen LogP contribution in [-0.2, 0) is 4.74 Å². The molecule has 0 amide bonds. The highest BCUT2D eigenvalue weighted by Gasteiger charge is 2.01. The Morgan fingerprint density at radius 2 is 2.44 bits per heavy atom. The molecule has 2 nitrogen and oxygen atoms in total. The highest BCUT2D eigenvalue weighted by Crippen LogP contribution is 2.01. The quantitative estimate of drug-likeness (QED) is 0.449. The van der Waals surface area contributed by atoms with Crippen LogP contribution in [0.3, 0.4) is 0 Å². The van der Waals surface area contributed by atoms with E-state index in [-0.39, 0.29) is 0 Å². The van der Waals surface area contributed by atoms with Gasteiger partial charge in [-0.15, -0.1) is 0 Å². The number of halogens is 1. The number of rotatable bonds is 3. The summed E-state index contributed by atoms with van der Waals surface area (Å²) in [5.74, 6) is 0.410. The zero-order valence-electron chi connectivity index (χ0n) is 5.69. The summed E-state index contributed by atoms with van der Waals surface area (Å²) in [4.78, 5) is 10.0. The molecule has 0 N–H and O–H groups in total. The van der Waals surface area contributed by atoms with E-state index in [0.29, 0.717) is 12.4 Å². The molecule has 0 aromatic heterocycles. The first-order valence-corrected chi connectivity index (χ1v) is 3.36. The topological polar surface area (TPSA) is 26.3 Å². The monoisotopic (exact) mass is 148 g/mol. The first kappa shape index (κ1) is 8.82. The van der Waals surface area contributed by atoms with E-state index in [9.17, 15) is 4.79 Å². The van der Waals surface area contributed by atoms with Crippen LogP contribution in [0.15, 0.2) is 0 Å². The van der Waals surface area contributed by atoms with Crippen LogP contribution in [0.1, 0.15) is 6.92 Å². The number of hydrogen-bond donors (Lipinski definition) is 0. The first-order chi connectivity index (χ1) is 4.16. The number of carbonyl (C=O) groups is 1. The van der Waals surface area contributed by atoms with Crippen LogP contribution in [0.25, 0.3) is 0 Å². The molecular formula is C5H10BClO2. The van der Waals surface area contributed by atoms with Crippen molar-refractivity contribution in [2.24, 2.45) is 0 Å². The molecule has 0 aliphatic carbocycles. The molecular weight excluding hydrogens is 138 g/mol. The normalized spacial score (nSPS) is 12.3. The molecule has 0 heterocycles. The predicted molar refractivity (Wildman–Crippen MR) is 39.6 cm³/mol. The summed E-state index contributed by atoms with van der Waals surface area (Å²) in [6.07, 6.45) is 0. The van der Waals surface area contributed by atoms with Gasteiger partial charge in [-0.1, -0.05) is 13.7 Å². The van der Waals surface area contributed by atoms with Crippen molar-refractivity contribution in [1.29, 1.82) is 0 Å². The van der Waals surface area contributed by atoms with Crippen molar-refractivity contribution in [2.75, 3.05) is 6.61 Å². The van der Waals surface area contributed by atoms with Gasteiger partial charge in [0.25, 0.3) is 0 Å². The maximum absolute atomic E-state index is 10.0. The van der Waals surface area contributed by atoms with Crippen molar-refractivity contribution >= 4 is 24.3 Å². The zero-order chi connectivity index (χ0) is 7.28. The van der Waals surface area contributed by atoms with E-state index in [1.807, 2.05) is 13.7 Å². The van der Waals surface area contributed by atoms with Gasteiger partial charge in [-0.25, -0.2) is 4.79 Å². The van der Waals surface area contributed by atoms with Gasteiger partial charge in [0.15, 0.2) is 0 Å². The molecule has 9 heavy (non-hydrogen) atoms. The van der Waals surface area contributed by atoms with Gasteiger partial charge in [0, 0.05) is 11.6 Å². The lowest BCUT2D eigenvalue weighted by molar-refractivity contribution is 0.173. The van der Waals surface area contributed by atoms with Crippen molar-refractivity contribution in [2.45, 2.75) is 19.6 Å². The van der Waals surface area contributed by atoms with Gasteiger partial charge < -0.3 is 4.74 Å². The van der Waals surface area contributed by atoms with Crippen LogP contribution in [0.4, 0.5) is 4.79 Å². The second-order valence-electron chi connectivity index (χ2n) is 2.06. The smallest absolute Gasteiger partial charge is 0.403 e. The molecule has 0 rings (SSSR count). The zero-order valence-corrected chi connectivity index (χ0v) is 6.44. The molecule has 0 aromatic carbocycles. The van der Waals surface area contributed by atoms with E-state index < -0.39 is 5.43 Å². The first-order valence-electron chi connectivity index (χ1n) is 2.99. The summed E-state index contributed by atoms with van der Waals surface area (Å²) in [5, 5.41) is 0. The van der Waals surface area contributed by atoms with Crippen molar-refractivity contribution in [3.8, 4) is 0 Å². The molecule has 0 aliphatic heterocycles. The predicted octanol–water partition coefficient (Wildman–Crippen LogP) is 1.65. The van der Waals surface area contributed by atoms with E-state index in [1.165, 1.54) is 0 Å². The van der Waals surface area contributed by atoms with Gasteiger partial charge >= 0.3 is 5.43 Å². The molecule has 0 spiro atoms. The van der Waals surface area contributed by atoms with Crippen LogP contribution in [-0.4, -0.2) is 19.3 Å². The van der Waals surface area contributed by atoms with Crippen molar-refractivity contribution < 1.29 is 9.53 Å². The SMILES string of the molecule is CBC(C)COC(=O)Cl. The second-order valence-corrected chi connectivity index (χ2v) is 2.37. The largest absolute Gasteiger partial charge is 0.454 e. The minimum absolute atomic E-state index is 0.410. The fourth-order valence-corrected chi connectivity index (χ4v) is 0.389. The third-order valence-corrected chi connectivity index (χ3v) is 1.29. The lowest BCUT2D eigenvalue weighted by atomic mass is 9.69. The van der Waals surface area contributed by atoms with Crippen molar-refractivity contribution in [3.63, 3.8) is 0 Å². The van der Waals surface area contributed by atoms with Crippen LogP contribution in [0, 0.1) is 0 Å². The van der Waals surface area contributed by atoms with Crippen LogP contribution in [0.5, 0.6) is 0 Å². The third-order valence-electron chi connectivity index (χ3n) is 1.18. The van der Waals surface area contributed by atoms with Gasteiger partial charge in [0.05, 0.1) is 6.61 Å². The van der Waals surface area contributed by atoms with Crippen molar-refractivity contribution in [3.05, 3.63) is 0 Å². The summed E-state index contributed by atoms with van der Waals surface area (Å²) >= 11 is 4.92. The Labute approximate surface area is 60.8 Å². The third kappa shape index (κ3) is 5.70. The highest BCUT2D eigenvalue weighted by molar-refractivity contribution is 6.61. The standard InChI is InChI=1S/C5H10BClO2/c1-4(6-2)3-9-5(7)8/h4,6H,3H2,1-2H3. The molecule has 4 heteroatoms. The number of carbonyl (C=O) groups excluding carboxylic acids is 1. The second kappa shape index (κ2) is 4.68. The summed E-state index contributed by atoms with van der Waals surface area (Å²) in [6.45, 7) is 4.46. The Bertz CT molecular complexity index is 97.0. The Kier molecular flexibility index (Phi) is 4.59. The maximum atomic E-state index is 10.0. The minimum Gasteiger partial charge on any atom is -0.454 e. The summed E-state index contributed by atoms with van der Waals surface area (Å²) in [6, 6.07) is 0. The van der Waals surface area contributed by atoms with Crippen molar-refractivity contribution in [1.82, 2.24) is 0 Å². The van der Waals surface area contributed by atoms with Crippen LogP contribution >= 0.6 is 11.6 Å². The maximum Gasteiger partial charge on any atom is 0.403 e. The fraction of sp³-hybridized carbons (Fsp3) is 0.800. The van der Waals surface area contributed by atoms with Crippen LogP contribution < -0.4 is 0 Å². The molecule has 1 atom stereocenters. The van der Waals surface area contributed by atoms with Gasteiger partial charge in [-0.05, 0) is 5.82 Å². The molecule has 0 radical (unpaired) electrons. The van der Waals surface area contributed by atoms with E-state index in [2.05, 4.69) is 4.74 Å². The molecule has 0 fully saturated rings. The van der Waals surface area contributed by atoms with E-state index in [0.717, 1.165) is 7.28 Å². The molecule has 0 saturated carbocycles.